The third kappa shape index (κ3) is 4.10. The lowest BCUT2D eigenvalue weighted by Gasteiger charge is -2.10. The average molecular weight is 452 g/mol. The smallest absolute Gasteiger partial charge is 0.268 e. The predicted octanol–water partition coefficient (Wildman–Crippen LogP) is 2.03. The summed E-state index contributed by atoms with van der Waals surface area (Å²) in [6.07, 6.45) is 0. The zero-order chi connectivity index (χ0) is 22.8. The lowest BCUT2D eigenvalue weighted by atomic mass is 10.1. The van der Waals surface area contributed by atoms with Crippen LogP contribution >= 0.6 is 11.3 Å². The van der Waals surface area contributed by atoms with Crippen molar-refractivity contribution in [1.29, 1.82) is 0 Å². The first kappa shape index (κ1) is 21.6. The summed E-state index contributed by atoms with van der Waals surface area (Å²) in [4.78, 5) is 54.6. The van der Waals surface area contributed by atoms with Crippen LogP contribution in [0.2, 0.25) is 0 Å². The second-order valence-corrected chi connectivity index (χ2v) is 8.15. The standard InChI is InChI=1S/C22H20N4O5S/c1-13(27)23-14-7-8-17-18(11-14)32-22(25(17)9-10-31-2)24-19(28)12-26-20(29)15-5-3-4-6-16(15)21(26)30/h3-8,11H,9-10,12H2,1-2H3,(H,23,27). The molecule has 2 aromatic carbocycles. The van der Waals surface area contributed by atoms with Gasteiger partial charge in [0.05, 0.1) is 28.0 Å². The zero-order valence-electron chi connectivity index (χ0n) is 17.5. The monoisotopic (exact) mass is 452 g/mol. The van der Waals surface area contributed by atoms with Gasteiger partial charge in [0.2, 0.25) is 5.91 Å². The number of nitrogens with one attached hydrogen (secondary N) is 1. The Morgan fingerprint density at radius 2 is 1.78 bits per heavy atom. The molecule has 0 radical (unpaired) electrons. The van der Waals surface area contributed by atoms with E-state index in [-0.39, 0.29) is 17.0 Å². The van der Waals surface area contributed by atoms with Crippen LogP contribution in [0.1, 0.15) is 27.6 Å². The van der Waals surface area contributed by atoms with Crippen LogP contribution in [0.3, 0.4) is 0 Å². The molecule has 1 aliphatic rings. The minimum Gasteiger partial charge on any atom is -0.383 e. The first-order valence-corrected chi connectivity index (χ1v) is 10.6. The topological polar surface area (TPSA) is 110 Å². The molecule has 1 aliphatic heterocycles. The number of hydrogen-bond acceptors (Lipinski definition) is 6. The van der Waals surface area contributed by atoms with Gasteiger partial charge in [-0.3, -0.25) is 24.1 Å². The maximum Gasteiger partial charge on any atom is 0.268 e. The van der Waals surface area contributed by atoms with E-state index in [1.165, 1.54) is 18.3 Å². The van der Waals surface area contributed by atoms with E-state index in [4.69, 9.17) is 4.74 Å². The van der Waals surface area contributed by atoms with Crippen molar-refractivity contribution in [3.05, 3.63) is 58.4 Å². The fourth-order valence-corrected chi connectivity index (χ4v) is 4.61. The van der Waals surface area contributed by atoms with Crippen LogP contribution in [-0.2, 0) is 20.9 Å². The van der Waals surface area contributed by atoms with E-state index in [0.29, 0.717) is 23.6 Å². The van der Waals surface area contributed by atoms with Crippen LogP contribution in [0.4, 0.5) is 5.69 Å². The summed E-state index contributed by atoms with van der Waals surface area (Å²) < 4.78 is 7.83. The van der Waals surface area contributed by atoms with Crippen LogP contribution in [0.5, 0.6) is 0 Å². The van der Waals surface area contributed by atoms with E-state index in [9.17, 15) is 19.2 Å². The van der Waals surface area contributed by atoms with Gasteiger partial charge in [-0.15, -0.1) is 0 Å². The van der Waals surface area contributed by atoms with Crippen LogP contribution in [0.15, 0.2) is 47.5 Å². The molecule has 1 aromatic heterocycles. The maximum absolute atomic E-state index is 12.7. The maximum atomic E-state index is 12.7. The van der Waals surface area contributed by atoms with Gasteiger partial charge in [0.15, 0.2) is 4.80 Å². The highest BCUT2D eigenvalue weighted by atomic mass is 32.1. The number of rotatable bonds is 6. The molecule has 32 heavy (non-hydrogen) atoms. The molecule has 0 unspecified atom stereocenters. The number of thiazole rings is 1. The predicted molar refractivity (Wildman–Crippen MR) is 118 cm³/mol. The van der Waals surface area contributed by atoms with E-state index in [2.05, 4.69) is 10.3 Å². The van der Waals surface area contributed by atoms with Crippen LogP contribution in [0, 0.1) is 0 Å². The van der Waals surface area contributed by atoms with E-state index >= 15 is 0 Å². The number of ether oxygens (including phenoxy) is 1. The number of imide groups is 1. The Balaban J connectivity index is 1.66. The number of fused-ring (bicyclic) bond motifs is 2. The third-order valence-electron chi connectivity index (χ3n) is 4.91. The number of amides is 4. The van der Waals surface area contributed by atoms with Crippen molar-refractivity contribution in [2.45, 2.75) is 13.5 Å². The summed E-state index contributed by atoms with van der Waals surface area (Å²) in [7, 11) is 1.58. The van der Waals surface area contributed by atoms with Crippen LogP contribution in [0.25, 0.3) is 10.2 Å². The van der Waals surface area contributed by atoms with Crippen molar-refractivity contribution in [2.75, 3.05) is 25.6 Å². The molecule has 10 heteroatoms. The van der Waals surface area contributed by atoms with Crippen molar-refractivity contribution >= 4 is 50.9 Å². The van der Waals surface area contributed by atoms with Crippen LogP contribution < -0.4 is 10.1 Å². The first-order valence-electron chi connectivity index (χ1n) is 9.81. The SMILES string of the molecule is COCCn1c(=NC(=O)CN2C(=O)c3ccccc3C2=O)sc2cc(NC(C)=O)ccc21. The van der Waals surface area contributed by atoms with Gasteiger partial charge in [-0.2, -0.15) is 4.99 Å². The minimum absolute atomic E-state index is 0.186. The Hall–Kier alpha value is -3.63. The molecule has 0 saturated heterocycles. The molecule has 0 atom stereocenters. The minimum atomic E-state index is -0.612. The summed E-state index contributed by atoms with van der Waals surface area (Å²) in [5, 5.41) is 2.73. The molecule has 164 valence electrons. The molecule has 0 spiro atoms. The molecule has 1 N–H and O–H groups in total. The molecule has 0 fully saturated rings. The summed E-state index contributed by atoms with van der Waals surface area (Å²) in [6.45, 7) is 1.84. The summed E-state index contributed by atoms with van der Waals surface area (Å²) in [5.74, 6) is -1.80. The highest BCUT2D eigenvalue weighted by Gasteiger charge is 2.36. The molecule has 0 saturated carbocycles. The number of benzene rings is 2. The Morgan fingerprint density at radius 3 is 2.41 bits per heavy atom. The number of hydrogen-bond donors (Lipinski definition) is 1. The van der Waals surface area contributed by atoms with Gasteiger partial charge in [0.1, 0.15) is 6.54 Å². The first-order chi connectivity index (χ1) is 15.4. The Labute approximate surface area is 186 Å². The lowest BCUT2D eigenvalue weighted by Crippen LogP contribution is -2.35. The highest BCUT2D eigenvalue weighted by Crippen LogP contribution is 2.23. The Morgan fingerprint density at radius 1 is 1.09 bits per heavy atom. The Bertz CT molecular complexity index is 1290. The van der Waals surface area contributed by atoms with Gasteiger partial charge in [0.25, 0.3) is 17.7 Å². The molecule has 4 amide bonds. The summed E-state index contributed by atoms with van der Waals surface area (Å²) in [5.41, 5.74) is 2.03. The van der Waals surface area contributed by atoms with Gasteiger partial charge in [-0.1, -0.05) is 23.5 Å². The third-order valence-corrected chi connectivity index (χ3v) is 5.96. The summed E-state index contributed by atoms with van der Waals surface area (Å²) >= 11 is 1.27. The fourth-order valence-electron chi connectivity index (χ4n) is 3.50. The highest BCUT2D eigenvalue weighted by molar-refractivity contribution is 7.16. The van der Waals surface area contributed by atoms with Gasteiger partial charge in [0, 0.05) is 26.3 Å². The van der Waals surface area contributed by atoms with Crippen molar-refractivity contribution in [2.24, 2.45) is 4.99 Å². The van der Waals surface area contributed by atoms with Gasteiger partial charge >= 0.3 is 0 Å². The van der Waals surface area contributed by atoms with E-state index < -0.39 is 24.3 Å². The number of nitrogens with zero attached hydrogens (tertiary/aromatic N) is 3. The lowest BCUT2D eigenvalue weighted by molar-refractivity contribution is -0.118. The molecule has 3 aromatic rings. The largest absolute Gasteiger partial charge is 0.383 e. The van der Waals surface area contributed by atoms with Crippen molar-refractivity contribution < 1.29 is 23.9 Å². The van der Waals surface area contributed by atoms with Gasteiger partial charge in [-0.05, 0) is 30.3 Å². The molecule has 0 aliphatic carbocycles. The van der Waals surface area contributed by atoms with Crippen LogP contribution in [-0.4, -0.2) is 53.4 Å². The number of methoxy groups -OCH3 is 1. The second kappa shape index (κ2) is 8.85. The number of anilines is 1. The quantitative estimate of drug-likeness (QED) is 0.576. The van der Waals surface area contributed by atoms with E-state index in [1.54, 1.807) is 43.5 Å². The van der Waals surface area contributed by atoms with Crippen molar-refractivity contribution in [3.8, 4) is 0 Å². The van der Waals surface area contributed by atoms with Crippen molar-refractivity contribution in [1.82, 2.24) is 9.47 Å². The molecule has 4 rings (SSSR count). The summed E-state index contributed by atoms with van der Waals surface area (Å²) in [6, 6.07) is 11.9. The second-order valence-electron chi connectivity index (χ2n) is 7.14. The van der Waals surface area contributed by atoms with E-state index in [0.717, 1.165) is 15.1 Å². The van der Waals surface area contributed by atoms with Crippen molar-refractivity contribution in [3.63, 3.8) is 0 Å². The number of carbonyl (C=O) groups excluding carboxylic acids is 4. The van der Waals surface area contributed by atoms with Gasteiger partial charge in [-0.25, -0.2) is 0 Å². The zero-order valence-corrected chi connectivity index (χ0v) is 18.3. The molecule has 2 heterocycles. The normalized spacial score (nSPS) is 13.7. The fraction of sp³-hybridized carbons (Fsp3) is 0.227. The Kier molecular flexibility index (Phi) is 5.97. The average Bonchev–Trinajstić information content (AvgIpc) is 3.21. The van der Waals surface area contributed by atoms with Gasteiger partial charge < -0.3 is 14.6 Å². The molecule has 0 bridgehead atoms. The molecular weight excluding hydrogens is 432 g/mol. The molecular formula is C22H20N4O5S. The number of carbonyl (C=O) groups is 4. The number of aromatic nitrogens is 1. The van der Waals surface area contributed by atoms with E-state index in [1.807, 2.05) is 10.6 Å². The molecule has 9 nitrogen and oxygen atoms in total.